The third-order valence-corrected chi connectivity index (χ3v) is 0.863. The summed E-state index contributed by atoms with van der Waals surface area (Å²) < 4.78 is 3.97. The second-order valence-electron chi connectivity index (χ2n) is 1.81. The normalized spacial score (nSPS) is 11.3. The molecule has 0 aromatic heterocycles. The van der Waals surface area contributed by atoms with Gasteiger partial charge in [-0.25, -0.2) is 20.1 Å². The van der Waals surface area contributed by atoms with Crippen molar-refractivity contribution >= 4 is 11.9 Å². The Bertz CT molecular complexity index is 315. The van der Waals surface area contributed by atoms with E-state index in [0.717, 1.165) is 24.7 Å². The highest BCUT2D eigenvalue weighted by molar-refractivity contribution is 6.04. The lowest BCUT2D eigenvalue weighted by molar-refractivity contribution is -0.187. The van der Waals surface area contributed by atoms with E-state index < -0.39 is 11.9 Å². The van der Waals surface area contributed by atoms with Gasteiger partial charge in [-0.05, 0) is 11.5 Å². The SMILES string of the molecule is O=C1C=CC(=O)O1.OOC=C=C=COO.[2HH]. The van der Waals surface area contributed by atoms with E-state index in [-0.39, 0.29) is 1.43 Å². The molecule has 2 N–H and O–H groups in total. The van der Waals surface area contributed by atoms with Crippen LogP contribution >= 0.6 is 0 Å². The molecule has 0 fully saturated rings. The lowest BCUT2D eigenvalue weighted by Crippen LogP contribution is -1.96. The minimum atomic E-state index is -0.579. The molecule has 0 aromatic rings. The Balaban J connectivity index is 0. The number of cyclic esters (lactones) is 2. The van der Waals surface area contributed by atoms with Gasteiger partial charge in [-0.3, -0.25) is 0 Å². The van der Waals surface area contributed by atoms with Crippen LogP contribution in [0.3, 0.4) is 0 Å². The lowest BCUT2D eigenvalue weighted by Gasteiger charge is -1.80. The van der Waals surface area contributed by atoms with Crippen molar-refractivity contribution in [2.45, 2.75) is 0 Å². The lowest BCUT2D eigenvalue weighted by atomic mass is 10.6. The first kappa shape index (κ1) is 12.7. The average molecular weight is 217 g/mol. The Morgan fingerprint density at radius 1 is 1.13 bits per heavy atom. The second-order valence-corrected chi connectivity index (χ2v) is 1.81. The first-order valence-electron chi connectivity index (χ1n) is 3.39. The van der Waals surface area contributed by atoms with Crippen LogP contribution in [0, 0.1) is 0 Å². The maximum absolute atomic E-state index is 9.92. The van der Waals surface area contributed by atoms with Gasteiger partial charge < -0.3 is 14.5 Å². The van der Waals surface area contributed by atoms with Crippen LogP contribution in [0.2, 0.25) is 0 Å². The fourth-order valence-corrected chi connectivity index (χ4v) is 0.424. The fraction of sp³-hybridized carbons (Fsp3) is 0. The van der Waals surface area contributed by atoms with Crippen molar-refractivity contribution in [3.8, 4) is 0 Å². The van der Waals surface area contributed by atoms with E-state index >= 15 is 0 Å². The molecule has 0 saturated heterocycles. The van der Waals surface area contributed by atoms with Crippen molar-refractivity contribution < 1.29 is 36.0 Å². The first-order chi connectivity index (χ1) is 7.20. The van der Waals surface area contributed by atoms with Crippen molar-refractivity contribution in [1.82, 2.24) is 0 Å². The van der Waals surface area contributed by atoms with Crippen LogP contribution < -0.4 is 0 Å². The van der Waals surface area contributed by atoms with E-state index in [0.29, 0.717) is 0 Å². The molecule has 7 nitrogen and oxygen atoms in total. The molecule has 1 aliphatic rings. The summed E-state index contributed by atoms with van der Waals surface area (Å²) in [7, 11) is 0. The van der Waals surface area contributed by atoms with Crippen molar-refractivity contribution in [3.63, 3.8) is 0 Å². The summed E-state index contributed by atoms with van der Waals surface area (Å²) >= 11 is 0. The Hall–Kier alpha value is -2.30. The molecular formula is C8H8O7. The molecule has 15 heavy (non-hydrogen) atoms. The van der Waals surface area contributed by atoms with Crippen LogP contribution in [-0.2, 0) is 24.1 Å². The number of carbonyl (C=O) groups excluding carboxylic acids is 2. The molecule has 0 saturated carbocycles. The highest BCUT2D eigenvalue weighted by Gasteiger charge is 2.10. The first-order valence-corrected chi connectivity index (χ1v) is 3.39. The molecule has 7 heteroatoms. The molecule has 0 aromatic carbocycles. The molecule has 0 atom stereocenters. The van der Waals surface area contributed by atoms with Gasteiger partial charge in [0.2, 0.25) is 0 Å². The monoisotopic (exact) mass is 217 g/mol. The molecule has 82 valence electrons. The summed E-state index contributed by atoms with van der Waals surface area (Å²) in [5.74, 6) is -1.16. The summed E-state index contributed by atoms with van der Waals surface area (Å²) in [5.41, 5.74) is 4.30. The average Bonchev–Trinajstić information content (AvgIpc) is 2.58. The molecule has 1 rings (SSSR count). The molecule has 1 heterocycles. The van der Waals surface area contributed by atoms with Crippen LogP contribution in [0.25, 0.3) is 0 Å². The van der Waals surface area contributed by atoms with Gasteiger partial charge in [-0.1, -0.05) is 0 Å². The highest BCUT2D eigenvalue weighted by Crippen LogP contribution is 1.92. The van der Waals surface area contributed by atoms with E-state index in [1.807, 2.05) is 0 Å². The van der Waals surface area contributed by atoms with Crippen molar-refractivity contribution in [3.05, 3.63) is 36.1 Å². The summed E-state index contributed by atoms with van der Waals surface area (Å²) in [4.78, 5) is 26.7. The molecule has 0 aliphatic carbocycles. The van der Waals surface area contributed by atoms with Crippen LogP contribution in [0.1, 0.15) is 1.43 Å². The predicted molar refractivity (Wildman–Crippen MR) is 45.9 cm³/mol. The standard InChI is InChI=1S/C4H4O4.C4H2O3.H2/c5-7-3-1-2-4-8-6;5-3-1-2-4(6)7-3;/h3-6H;1-2H;1H/i;;1+1. The van der Waals surface area contributed by atoms with E-state index in [1.165, 1.54) is 0 Å². The van der Waals surface area contributed by atoms with E-state index in [1.54, 1.807) is 0 Å². The van der Waals surface area contributed by atoms with Crippen molar-refractivity contribution in [2.24, 2.45) is 0 Å². The zero-order valence-corrected chi connectivity index (χ0v) is 7.25. The largest absolute Gasteiger partial charge is 0.387 e. The number of hydrogen-bond donors (Lipinski definition) is 2. The second kappa shape index (κ2) is 8.31. The molecule has 0 radical (unpaired) electrons. The molecule has 0 spiro atoms. The summed E-state index contributed by atoms with van der Waals surface area (Å²) in [5, 5.41) is 15.2. The minimum Gasteiger partial charge on any atom is -0.387 e. The van der Waals surface area contributed by atoms with Gasteiger partial charge in [-0.2, -0.15) is 0 Å². The number of hydrogen-bond acceptors (Lipinski definition) is 7. The third kappa shape index (κ3) is 8.04. The van der Waals surface area contributed by atoms with Gasteiger partial charge in [-0.15, -0.1) is 0 Å². The molecular weight excluding hydrogens is 208 g/mol. The Labute approximate surface area is 85.1 Å². The number of carbonyl (C=O) groups is 2. The van der Waals surface area contributed by atoms with E-state index in [9.17, 15) is 9.59 Å². The van der Waals surface area contributed by atoms with Crippen molar-refractivity contribution in [1.29, 1.82) is 0 Å². The molecule has 0 amide bonds. The highest BCUT2D eigenvalue weighted by atomic mass is 17.1. The van der Waals surface area contributed by atoms with Gasteiger partial charge in [0.25, 0.3) is 0 Å². The van der Waals surface area contributed by atoms with Crippen LogP contribution in [0.4, 0.5) is 0 Å². The van der Waals surface area contributed by atoms with Gasteiger partial charge >= 0.3 is 11.9 Å². The zero-order valence-electron chi connectivity index (χ0n) is 7.25. The third-order valence-electron chi connectivity index (χ3n) is 0.863. The predicted octanol–water partition coefficient (Wildman–Crippen LogP) is 0.619. The smallest absolute Gasteiger partial charge is 0.338 e. The Morgan fingerprint density at radius 2 is 1.53 bits per heavy atom. The van der Waals surface area contributed by atoms with Crippen LogP contribution in [-0.4, -0.2) is 22.5 Å². The minimum absolute atomic E-state index is 0. The topological polar surface area (TPSA) is 102 Å². The molecule has 1 aliphatic heterocycles. The maximum Gasteiger partial charge on any atom is 0.338 e. The van der Waals surface area contributed by atoms with Crippen LogP contribution in [0.15, 0.2) is 36.1 Å². The molecule has 0 unspecified atom stereocenters. The fourth-order valence-electron chi connectivity index (χ4n) is 0.424. The number of esters is 2. The summed E-state index contributed by atoms with van der Waals surface area (Å²) in [6.07, 6.45) is 3.83. The Morgan fingerprint density at radius 3 is 1.73 bits per heavy atom. The van der Waals surface area contributed by atoms with E-state index in [2.05, 4.69) is 26.0 Å². The van der Waals surface area contributed by atoms with E-state index in [4.69, 9.17) is 10.5 Å². The maximum atomic E-state index is 9.92. The van der Waals surface area contributed by atoms with Crippen LogP contribution in [0.5, 0.6) is 0 Å². The van der Waals surface area contributed by atoms with Crippen molar-refractivity contribution in [2.75, 3.05) is 0 Å². The number of ether oxygens (including phenoxy) is 1. The summed E-state index contributed by atoms with van der Waals surface area (Å²) in [6, 6.07) is 0. The quantitative estimate of drug-likeness (QED) is 0.174. The van der Waals surface area contributed by atoms with Gasteiger partial charge in [0.1, 0.15) is 0 Å². The number of rotatable bonds is 2. The van der Waals surface area contributed by atoms with Gasteiger partial charge in [0.05, 0.1) is 0 Å². The van der Waals surface area contributed by atoms with Gasteiger partial charge in [0.15, 0.2) is 12.5 Å². The summed E-state index contributed by atoms with van der Waals surface area (Å²) in [6.45, 7) is 0. The zero-order chi connectivity index (χ0) is 11.5. The Kier molecular flexibility index (Phi) is 7.03. The van der Waals surface area contributed by atoms with Gasteiger partial charge in [0, 0.05) is 13.6 Å². The molecule has 0 bridgehead atoms.